The first-order chi connectivity index (χ1) is 9.56. The Balaban J connectivity index is 2.49. The van der Waals surface area contributed by atoms with Crippen LogP contribution in [0.15, 0.2) is 30.5 Å². The van der Waals surface area contributed by atoms with Crippen LogP contribution in [0.1, 0.15) is 20.8 Å². The van der Waals surface area contributed by atoms with E-state index in [1.54, 1.807) is 12.1 Å². The van der Waals surface area contributed by atoms with Crippen molar-refractivity contribution < 1.29 is 19.2 Å². The highest BCUT2D eigenvalue weighted by atomic mass is 16.6. The minimum Gasteiger partial charge on any atom is -0.464 e. The number of nitrogens with zero attached hydrogens (tertiary/aromatic N) is 3. The van der Waals surface area contributed by atoms with Crippen molar-refractivity contribution in [1.82, 2.24) is 9.78 Å². The van der Waals surface area contributed by atoms with Crippen molar-refractivity contribution >= 4 is 17.9 Å². The molecule has 1 aromatic heterocycles. The van der Waals surface area contributed by atoms with Crippen LogP contribution in [0.5, 0.6) is 0 Å². The van der Waals surface area contributed by atoms with Gasteiger partial charge in [-0.05, 0) is 24.3 Å². The zero-order valence-electron chi connectivity index (χ0n) is 10.3. The van der Waals surface area contributed by atoms with Crippen LogP contribution in [0.2, 0.25) is 0 Å². The Bertz CT molecular complexity index is 675. The van der Waals surface area contributed by atoms with E-state index in [0.717, 1.165) is 13.3 Å². The molecule has 0 unspecified atom stereocenters. The van der Waals surface area contributed by atoms with Gasteiger partial charge in [-0.1, -0.05) is 0 Å². The Morgan fingerprint density at radius 3 is 2.55 bits per heavy atom. The predicted molar refractivity (Wildman–Crippen MR) is 66.9 cm³/mol. The molecular formula is C12H9N3O5. The fourth-order valence-electron chi connectivity index (χ4n) is 1.58. The minimum atomic E-state index is -0.889. The maximum atomic E-state index is 11.4. The Hall–Kier alpha value is -3.03. The second-order valence-electron chi connectivity index (χ2n) is 3.77. The SMILES string of the molecule is COC(=O)c1nn(-c2ccc(C=O)cc2)cc1[N+](=O)[O-]. The van der Waals surface area contributed by atoms with Crippen molar-refractivity contribution in [3.05, 3.63) is 51.8 Å². The van der Waals surface area contributed by atoms with Crippen LogP contribution in [0.25, 0.3) is 5.69 Å². The number of ether oxygens (including phenoxy) is 1. The molecule has 0 bridgehead atoms. The predicted octanol–water partition coefficient (Wildman–Crippen LogP) is 1.38. The summed E-state index contributed by atoms with van der Waals surface area (Å²) in [7, 11) is 1.12. The molecule has 1 aromatic carbocycles. The number of carbonyl (C=O) groups excluding carboxylic acids is 2. The summed E-state index contributed by atoms with van der Waals surface area (Å²) in [5.74, 6) is -0.889. The molecule has 0 radical (unpaired) electrons. The number of benzene rings is 1. The molecule has 2 rings (SSSR count). The molecule has 8 heteroatoms. The number of carbonyl (C=O) groups is 2. The topological polar surface area (TPSA) is 104 Å². The van der Waals surface area contributed by atoms with E-state index >= 15 is 0 Å². The van der Waals surface area contributed by atoms with E-state index in [4.69, 9.17) is 0 Å². The molecule has 102 valence electrons. The van der Waals surface area contributed by atoms with Gasteiger partial charge in [-0.3, -0.25) is 14.9 Å². The van der Waals surface area contributed by atoms with Crippen LogP contribution in [0.4, 0.5) is 5.69 Å². The van der Waals surface area contributed by atoms with Crippen molar-refractivity contribution in [3.63, 3.8) is 0 Å². The zero-order chi connectivity index (χ0) is 14.7. The molecule has 1 heterocycles. The third kappa shape index (κ3) is 2.39. The maximum absolute atomic E-state index is 11.4. The quantitative estimate of drug-likeness (QED) is 0.361. The van der Waals surface area contributed by atoms with Gasteiger partial charge >= 0.3 is 11.7 Å². The van der Waals surface area contributed by atoms with E-state index in [1.807, 2.05) is 0 Å². The molecule has 0 amide bonds. The van der Waals surface area contributed by atoms with Crippen molar-refractivity contribution in [2.75, 3.05) is 7.11 Å². The third-order valence-electron chi connectivity index (χ3n) is 2.56. The highest BCUT2D eigenvalue weighted by Crippen LogP contribution is 2.20. The molecule has 0 aliphatic carbocycles. The second kappa shape index (κ2) is 5.31. The second-order valence-corrected chi connectivity index (χ2v) is 3.77. The van der Waals surface area contributed by atoms with E-state index in [0.29, 0.717) is 17.5 Å². The van der Waals surface area contributed by atoms with Crippen molar-refractivity contribution in [2.45, 2.75) is 0 Å². The smallest absolute Gasteiger partial charge is 0.365 e. The first kappa shape index (κ1) is 13.4. The normalized spacial score (nSPS) is 10.1. The monoisotopic (exact) mass is 275 g/mol. The number of hydrogen-bond donors (Lipinski definition) is 0. The van der Waals surface area contributed by atoms with E-state index in [-0.39, 0.29) is 5.69 Å². The fourth-order valence-corrected chi connectivity index (χ4v) is 1.58. The van der Waals surface area contributed by atoms with Gasteiger partial charge in [-0.15, -0.1) is 0 Å². The lowest BCUT2D eigenvalue weighted by atomic mass is 10.2. The van der Waals surface area contributed by atoms with Gasteiger partial charge in [0.1, 0.15) is 12.5 Å². The lowest BCUT2D eigenvalue weighted by Gasteiger charge is -1.99. The van der Waals surface area contributed by atoms with Crippen molar-refractivity contribution in [3.8, 4) is 5.69 Å². The molecule has 2 aromatic rings. The maximum Gasteiger partial charge on any atom is 0.365 e. The highest BCUT2D eigenvalue weighted by Gasteiger charge is 2.26. The number of methoxy groups -OCH3 is 1. The van der Waals surface area contributed by atoms with E-state index < -0.39 is 16.6 Å². The van der Waals surface area contributed by atoms with E-state index in [9.17, 15) is 19.7 Å². The van der Waals surface area contributed by atoms with Crippen LogP contribution >= 0.6 is 0 Å². The first-order valence-electron chi connectivity index (χ1n) is 5.45. The van der Waals surface area contributed by atoms with Crippen LogP contribution < -0.4 is 0 Å². The molecule has 0 saturated heterocycles. The first-order valence-corrected chi connectivity index (χ1v) is 5.45. The summed E-state index contributed by atoms with van der Waals surface area (Å²) in [6.07, 6.45) is 1.79. The van der Waals surface area contributed by atoms with Crippen LogP contribution in [-0.4, -0.2) is 34.1 Å². The van der Waals surface area contributed by atoms with Crippen LogP contribution in [0.3, 0.4) is 0 Å². The van der Waals surface area contributed by atoms with Gasteiger partial charge in [0.2, 0.25) is 5.69 Å². The molecule has 8 nitrogen and oxygen atoms in total. The lowest BCUT2D eigenvalue weighted by Crippen LogP contribution is -2.06. The van der Waals surface area contributed by atoms with Gasteiger partial charge in [-0.25, -0.2) is 9.48 Å². The van der Waals surface area contributed by atoms with E-state index in [1.165, 1.54) is 16.8 Å². The van der Waals surface area contributed by atoms with Crippen molar-refractivity contribution in [2.24, 2.45) is 0 Å². The zero-order valence-corrected chi connectivity index (χ0v) is 10.3. The Kier molecular flexibility index (Phi) is 3.56. The minimum absolute atomic E-state index is 0.378. The summed E-state index contributed by atoms with van der Waals surface area (Å²) < 4.78 is 5.63. The molecule has 0 aliphatic heterocycles. The number of nitro groups is 1. The molecule has 0 aliphatic rings. The average molecular weight is 275 g/mol. The number of rotatable bonds is 4. The Morgan fingerprint density at radius 1 is 1.40 bits per heavy atom. The van der Waals surface area contributed by atoms with Crippen molar-refractivity contribution in [1.29, 1.82) is 0 Å². The number of aromatic nitrogens is 2. The third-order valence-corrected chi connectivity index (χ3v) is 2.56. The Labute approximate surface area is 112 Å². The largest absolute Gasteiger partial charge is 0.464 e. The summed E-state index contributed by atoms with van der Waals surface area (Å²) in [6.45, 7) is 0. The van der Waals surface area contributed by atoms with Gasteiger partial charge in [-0.2, -0.15) is 5.10 Å². The summed E-state index contributed by atoms with van der Waals surface area (Å²) in [6, 6.07) is 6.18. The average Bonchev–Trinajstić information content (AvgIpc) is 2.92. The molecule has 0 fully saturated rings. The fraction of sp³-hybridized carbons (Fsp3) is 0.0833. The molecule has 0 spiro atoms. The number of hydrogen-bond acceptors (Lipinski definition) is 6. The Morgan fingerprint density at radius 2 is 2.05 bits per heavy atom. The van der Waals surface area contributed by atoms with Crippen LogP contribution in [0, 0.1) is 10.1 Å². The van der Waals surface area contributed by atoms with Gasteiger partial charge in [0, 0.05) is 5.56 Å². The summed E-state index contributed by atoms with van der Waals surface area (Å²) in [5.41, 5.74) is 0.116. The molecular weight excluding hydrogens is 266 g/mol. The van der Waals surface area contributed by atoms with Crippen LogP contribution in [-0.2, 0) is 4.74 Å². The van der Waals surface area contributed by atoms with Gasteiger partial charge in [0.25, 0.3) is 0 Å². The van der Waals surface area contributed by atoms with Gasteiger partial charge in [0.05, 0.1) is 17.7 Å². The lowest BCUT2D eigenvalue weighted by molar-refractivity contribution is -0.385. The summed E-state index contributed by atoms with van der Waals surface area (Å²) in [5, 5.41) is 14.7. The summed E-state index contributed by atoms with van der Waals surface area (Å²) >= 11 is 0. The molecule has 0 atom stereocenters. The van der Waals surface area contributed by atoms with E-state index in [2.05, 4.69) is 9.84 Å². The number of esters is 1. The highest BCUT2D eigenvalue weighted by molar-refractivity contribution is 5.91. The molecule has 0 N–H and O–H groups in total. The molecule has 20 heavy (non-hydrogen) atoms. The summed E-state index contributed by atoms with van der Waals surface area (Å²) in [4.78, 5) is 32.2. The number of aldehydes is 1. The van der Waals surface area contributed by atoms with Gasteiger partial charge in [0.15, 0.2) is 0 Å². The standard InChI is InChI=1S/C12H9N3O5/c1-20-12(17)11-10(15(18)19)6-14(13-11)9-4-2-8(7-16)3-5-9/h2-7H,1H3. The van der Waals surface area contributed by atoms with Gasteiger partial charge < -0.3 is 4.74 Å². The molecule has 0 saturated carbocycles.